The summed E-state index contributed by atoms with van der Waals surface area (Å²) < 4.78 is 0. The number of hydrogen-bond acceptors (Lipinski definition) is 1. The van der Waals surface area contributed by atoms with E-state index < -0.39 is 0 Å². The summed E-state index contributed by atoms with van der Waals surface area (Å²) in [6.45, 7) is 4.25. The number of nitrogens with two attached hydrogens (primary N) is 1. The molecule has 0 saturated heterocycles. The molecular weight excluding hydrogens is 146 g/mol. The zero-order chi connectivity index (χ0) is 9.23. The Morgan fingerprint density at radius 1 is 1.08 bits per heavy atom. The van der Waals surface area contributed by atoms with Crippen LogP contribution in [0.25, 0.3) is 0 Å². The van der Waals surface area contributed by atoms with E-state index in [1.54, 1.807) is 0 Å². The first kappa shape index (κ1) is 11.5. The molecule has 0 saturated carbocycles. The van der Waals surface area contributed by atoms with Crippen LogP contribution < -0.4 is 5.73 Å². The molecule has 0 bridgehead atoms. The van der Waals surface area contributed by atoms with Gasteiger partial charge in [-0.2, -0.15) is 0 Å². The van der Waals surface area contributed by atoms with Gasteiger partial charge >= 0.3 is 0 Å². The van der Waals surface area contributed by atoms with Crippen LogP contribution in [0.3, 0.4) is 0 Å². The first-order valence-electron chi connectivity index (χ1n) is 5.22. The normalized spacial score (nSPS) is 12.0. The molecular formula is C11H23N. The average molecular weight is 169 g/mol. The fourth-order valence-electron chi connectivity index (χ4n) is 1.25. The quantitative estimate of drug-likeness (QED) is 0.579. The largest absolute Gasteiger partial charge is 0.402 e. The van der Waals surface area contributed by atoms with Gasteiger partial charge in [0.2, 0.25) is 0 Å². The maximum absolute atomic E-state index is 5.67. The van der Waals surface area contributed by atoms with Crippen LogP contribution in [0.5, 0.6) is 0 Å². The molecule has 72 valence electrons. The second kappa shape index (κ2) is 8.63. The van der Waals surface area contributed by atoms with Crippen LogP contribution >= 0.6 is 0 Å². The van der Waals surface area contributed by atoms with E-state index in [1.165, 1.54) is 38.5 Å². The molecule has 1 nitrogen and oxygen atoms in total. The van der Waals surface area contributed by atoms with Gasteiger partial charge in [0.1, 0.15) is 0 Å². The average Bonchev–Trinajstić information content (AvgIpc) is 2.10. The smallest absolute Gasteiger partial charge is 0.00371 e. The molecule has 0 unspecified atom stereocenters. The molecule has 0 aliphatic carbocycles. The zero-order valence-corrected chi connectivity index (χ0v) is 8.60. The highest BCUT2D eigenvalue weighted by molar-refractivity contribution is 4.92. The van der Waals surface area contributed by atoms with Crippen molar-refractivity contribution in [3.05, 3.63) is 11.8 Å². The van der Waals surface area contributed by atoms with Gasteiger partial charge in [0.25, 0.3) is 0 Å². The Kier molecular flexibility index (Phi) is 8.30. The van der Waals surface area contributed by atoms with Gasteiger partial charge in [-0.15, -0.1) is 0 Å². The van der Waals surface area contributed by atoms with E-state index in [9.17, 15) is 0 Å². The maximum atomic E-state index is 5.67. The Morgan fingerprint density at radius 3 is 2.25 bits per heavy atom. The Labute approximate surface area is 77.0 Å². The third-order valence-corrected chi connectivity index (χ3v) is 2.19. The van der Waals surface area contributed by atoms with E-state index in [2.05, 4.69) is 6.92 Å². The lowest BCUT2D eigenvalue weighted by Gasteiger charge is -2.00. The molecule has 0 atom stereocenters. The van der Waals surface area contributed by atoms with Gasteiger partial charge in [0, 0.05) is 5.70 Å². The Morgan fingerprint density at radius 2 is 1.67 bits per heavy atom. The molecule has 12 heavy (non-hydrogen) atoms. The van der Waals surface area contributed by atoms with Crippen molar-refractivity contribution in [2.45, 2.75) is 58.8 Å². The summed E-state index contributed by atoms with van der Waals surface area (Å²) in [5, 5.41) is 0. The van der Waals surface area contributed by atoms with Crippen molar-refractivity contribution in [2.24, 2.45) is 5.73 Å². The van der Waals surface area contributed by atoms with Gasteiger partial charge in [0.15, 0.2) is 0 Å². The van der Waals surface area contributed by atoms with Gasteiger partial charge in [-0.1, -0.05) is 45.1 Å². The minimum atomic E-state index is 1.05. The van der Waals surface area contributed by atoms with Crippen LogP contribution in [0, 0.1) is 0 Å². The highest BCUT2D eigenvalue weighted by atomic mass is 14.6. The summed E-state index contributed by atoms with van der Waals surface area (Å²) in [6, 6.07) is 0. The Bertz CT molecular complexity index is 116. The molecule has 2 N–H and O–H groups in total. The third kappa shape index (κ3) is 7.64. The Balaban J connectivity index is 3.00. The summed E-state index contributed by atoms with van der Waals surface area (Å²) >= 11 is 0. The SMILES string of the molecule is CC=C(N)CCCCCCCC. The zero-order valence-electron chi connectivity index (χ0n) is 8.60. The van der Waals surface area contributed by atoms with E-state index in [0.717, 1.165) is 12.1 Å². The molecule has 0 heterocycles. The highest BCUT2D eigenvalue weighted by Crippen LogP contribution is 2.08. The standard InChI is InChI=1S/C11H23N/c1-3-5-6-7-8-9-10-11(12)4-2/h4H,3,5-10,12H2,1-2H3. The van der Waals surface area contributed by atoms with E-state index in [0.29, 0.717) is 0 Å². The lowest BCUT2D eigenvalue weighted by atomic mass is 10.1. The topological polar surface area (TPSA) is 26.0 Å². The molecule has 0 amide bonds. The first-order valence-corrected chi connectivity index (χ1v) is 5.22. The second-order valence-corrected chi connectivity index (χ2v) is 3.38. The van der Waals surface area contributed by atoms with Crippen molar-refractivity contribution >= 4 is 0 Å². The summed E-state index contributed by atoms with van der Waals surface area (Å²) in [4.78, 5) is 0. The number of rotatable bonds is 7. The summed E-state index contributed by atoms with van der Waals surface area (Å²) in [6.07, 6.45) is 11.2. The lowest BCUT2D eigenvalue weighted by Crippen LogP contribution is -1.95. The van der Waals surface area contributed by atoms with Crippen LogP contribution in [0.1, 0.15) is 58.8 Å². The maximum Gasteiger partial charge on any atom is 0.00371 e. The number of hydrogen-bond donors (Lipinski definition) is 1. The van der Waals surface area contributed by atoms with E-state index in [4.69, 9.17) is 5.73 Å². The molecule has 0 spiro atoms. The molecule has 0 aromatic carbocycles. The van der Waals surface area contributed by atoms with Gasteiger partial charge in [-0.05, 0) is 19.8 Å². The van der Waals surface area contributed by atoms with Gasteiger partial charge in [-0.3, -0.25) is 0 Å². The molecule has 1 heteroatoms. The number of allylic oxidation sites excluding steroid dienone is 2. The molecule has 0 rings (SSSR count). The molecule has 0 aromatic rings. The number of unbranched alkanes of at least 4 members (excludes halogenated alkanes) is 5. The second-order valence-electron chi connectivity index (χ2n) is 3.38. The van der Waals surface area contributed by atoms with Crippen molar-refractivity contribution in [2.75, 3.05) is 0 Å². The fraction of sp³-hybridized carbons (Fsp3) is 0.818. The first-order chi connectivity index (χ1) is 5.81. The van der Waals surface area contributed by atoms with Gasteiger partial charge in [0.05, 0.1) is 0 Å². The lowest BCUT2D eigenvalue weighted by molar-refractivity contribution is 0.605. The van der Waals surface area contributed by atoms with Crippen molar-refractivity contribution < 1.29 is 0 Å². The fourth-order valence-corrected chi connectivity index (χ4v) is 1.25. The van der Waals surface area contributed by atoms with Crippen LogP contribution in [0.4, 0.5) is 0 Å². The molecule has 0 aliphatic rings. The monoisotopic (exact) mass is 169 g/mol. The Hall–Kier alpha value is -0.460. The van der Waals surface area contributed by atoms with Crippen LogP contribution in [-0.2, 0) is 0 Å². The van der Waals surface area contributed by atoms with E-state index >= 15 is 0 Å². The van der Waals surface area contributed by atoms with Gasteiger partial charge < -0.3 is 5.73 Å². The van der Waals surface area contributed by atoms with Crippen LogP contribution in [0.15, 0.2) is 11.8 Å². The molecule has 0 fully saturated rings. The molecule has 0 aliphatic heterocycles. The minimum absolute atomic E-state index is 1.05. The predicted octanol–water partition coefficient (Wildman–Crippen LogP) is 3.60. The summed E-state index contributed by atoms with van der Waals surface area (Å²) in [5.74, 6) is 0. The van der Waals surface area contributed by atoms with Crippen molar-refractivity contribution in [3.8, 4) is 0 Å². The molecule has 0 aromatic heterocycles. The molecule has 0 radical (unpaired) electrons. The van der Waals surface area contributed by atoms with E-state index in [-0.39, 0.29) is 0 Å². The van der Waals surface area contributed by atoms with Crippen molar-refractivity contribution in [3.63, 3.8) is 0 Å². The van der Waals surface area contributed by atoms with Crippen LogP contribution in [0.2, 0.25) is 0 Å². The third-order valence-electron chi connectivity index (χ3n) is 2.19. The van der Waals surface area contributed by atoms with E-state index in [1.807, 2.05) is 13.0 Å². The van der Waals surface area contributed by atoms with Crippen molar-refractivity contribution in [1.29, 1.82) is 0 Å². The summed E-state index contributed by atoms with van der Waals surface area (Å²) in [7, 11) is 0. The van der Waals surface area contributed by atoms with Crippen molar-refractivity contribution in [1.82, 2.24) is 0 Å². The van der Waals surface area contributed by atoms with Gasteiger partial charge in [-0.25, -0.2) is 0 Å². The van der Waals surface area contributed by atoms with Crippen LogP contribution in [-0.4, -0.2) is 0 Å². The predicted molar refractivity (Wildman–Crippen MR) is 55.9 cm³/mol. The minimum Gasteiger partial charge on any atom is -0.402 e. The summed E-state index contributed by atoms with van der Waals surface area (Å²) in [5.41, 5.74) is 6.72. The highest BCUT2D eigenvalue weighted by Gasteiger charge is 1.91.